The molecule has 0 amide bonds. The van der Waals surface area contributed by atoms with Gasteiger partial charge in [0.05, 0.1) is 12.7 Å². The van der Waals surface area contributed by atoms with Gasteiger partial charge < -0.3 is 45.6 Å². The zero-order chi connectivity index (χ0) is 32.0. The summed E-state index contributed by atoms with van der Waals surface area (Å²) in [4.78, 5) is 3.24. The molecule has 3 aromatic rings. The number of benzene rings is 1. The van der Waals surface area contributed by atoms with E-state index < -0.39 is 12.2 Å². The summed E-state index contributed by atoms with van der Waals surface area (Å²) < 4.78 is 12.0. The molecule has 1 aromatic carbocycles. The molecule has 45 heavy (non-hydrogen) atoms. The van der Waals surface area contributed by atoms with Crippen LogP contribution in [0.3, 0.4) is 0 Å². The molecular weight excluding hydrogens is 570 g/mol. The van der Waals surface area contributed by atoms with Gasteiger partial charge in [0.2, 0.25) is 0 Å². The summed E-state index contributed by atoms with van der Waals surface area (Å²) in [6, 6.07) is 9.27. The third-order valence-corrected chi connectivity index (χ3v) is 9.09. The van der Waals surface area contributed by atoms with Crippen molar-refractivity contribution in [3.8, 4) is 11.5 Å². The normalized spacial score (nSPS) is 15.8. The minimum Gasteiger partial charge on any atom is -0.504 e. The number of phenols is 1. The molecule has 0 saturated heterocycles. The quantitative estimate of drug-likeness (QED) is 0.0776. The lowest BCUT2D eigenvalue weighted by Crippen LogP contribution is -2.31. The molecule has 3 atom stereocenters. The predicted molar refractivity (Wildman–Crippen MR) is 176 cm³/mol. The number of rotatable bonds is 21. The monoisotopic (exact) mass is 625 g/mol. The van der Waals surface area contributed by atoms with Crippen LogP contribution in [0, 0.1) is 5.92 Å². The average Bonchev–Trinajstić information content (AvgIpc) is 3.81. The van der Waals surface area contributed by atoms with Gasteiger partial charge >= 0.3 is 0 Å². The van der Waals surface area contributed by atoms with Crippen LogP contribution in [0.5, 0.6) is 11.5 Å². The molecule has 3 unspecified atom stereocenters. The van der Waals surface area contributed by atoms with Crippen molar-refractivity contribution in [1.29, 1.82) is 0 Å². The largest absolute Gasteiger partial charge is 0.504 e. The van der Waals surface area contributed by atoms with Gasteiger partial charge in [0.15, 0.2) is 11.5 Å². The Kier molecular flexibility index (Phi) is 14.3. The first kappa shape index (κ1) is 35.0. The first-order valence-electron chi connectivity index (χ1n) is 17.0. The highest BCUT2D eigenvalue weighted by atomic mass is 16.5. The maximum absolute atomic E-state index is 10.9. The molecule has 8 N–H and O–H groups in total. The minimum atomic E-state index is -0.879. The SMILES string of the molecule is CC(O)CNCC(c1c[nH]c(C(O)COc2cc(CCc3cc(CO)c(CCCCCCCN)o3)ccc2O)c1)C1CCCC1. The number of phenolic OH excluding ortho intramolecular Hbond substituents is 1. The summed E-state index contributed by atoms with van der Waals surface area (Å²) in [6.45, 7) is 3.84. The van der Waals surface area contributed by atoms with Crippen molar-refractivity contribution in [2.24, 2.45) is 11.7 Å². The van der Waals surface area contributed by atoms with E-state index in [1.54, 1.807) is 13.0 Å². The molecule has 1 aliphatic carbocycles. The zero-order valence-electron chi connectivity index (χ0n) is 27.0. The fourth-order valence-corrected chi connectivity index (χ4v) is 6.51. The number of hydrogen-bond donors (Lipinski definition) is 7. The molecular formula is C36H55N3O6. The smallest absolute Gasteiger partial charge is 0.161 e. The number of aryl methyl sites for hydroxylation is 3. The second-order valence-corrected chi connectivity index (χ2v) is 12.8. The molecule has 9 nitrogen and oxygen atoms in total. The average molecular weight is 626 g/mol. The van der Waals surface area contributed by atoms with Crippen LogP contribution < -0.4 is 15.8 Å². The first-order chi connectivity index (χ1) is 21.9. The summed E-state index contributed by atoms with van der Waals surface area (Å²) >= 11 is 0. The molecule has 9 heteroatoms. The maximum atomic E-state index is 10.9. The molecule has 2 aromatic heterocycles. The van der Waals surface area contributed by atoms with Gasteiger partial charge in [-0.2, -0.15) is 0 Å². The second-order valence-electron chi connectivity index (χ2n) is 12.8. The van der Waals surface area contributed by atoms with Crippen molar-refractivity contribution in [3.63, 3.8) is 0 Å². The molecule has 1 fully saturated rings. The Balaban J connectivity index is 1.29. The van der Waals surface area contributed by atoms with Crippen molar-refractivity contribution in [3.05, 3.63) is 70.4 Å². The Morgan fingerprint density at radius 3 is 2.53 bits per heavy atom. The Morgan fingerprint density at radius 1 is 1.00 bits per heavy atom. The number of aromatic hydroxyl groups is 1. The number of nitrogens with one attached hydrogen (secondary N) is 2. The number of aromatic amines is 1. The molecule has 2 heterocycles. The number of hydrogen-bond acceptors (Lipinski definition) is 8. The van der Waals surface area contributed by atoms with Crippen molar-refractivity contribution in [1.82, 2.24) is 10.3 Å². The number of unbranched alkanes of at least 4 members (excludes halogenated alkanes) is 4. The Morgan fingerprint density at radius 2 is 1.78 bits per heavy atom. The number of nitrogens with two attached hydrogens (primary N) is 1. The van der Waals surface area contributed by atoms with Gasteiger partial charge in [-0.15, -0.1) is 0 Å². The first-order valence-corrected chi connectivity index (χ1v) is 17.0. The van der Waals surface area contributed by atoms with E-state index in [2.05, 4.69) is 10.3 Å². The highest BCUT2D eigenvalue weighted by Gasteiger charge is 2.27. The number of aliphatic hydroxyl groups excluding tert-OH is 3. The van der Waals surface area contributed by atoms with Crippen LogP contribution in [-0.2, 0) is 25.9 Å². The van der Waals surface area contributed by atoms with Crippen LogP contribution >= 0.6 is 0 Å². The van der Waals surface area contributed by atoms with E-state index in [1.165, 1.54) is 25.7 Å². The van der Waals surface area contributed by atoms with Gasteiger partial charge in [0.25, 0.3) is 0 Å². The van der Waals surface area contributed by atoms with Crippen LogP contribution in [0.25, 0.3) is 0 Å². The van der Waals surface area contributed by atoms with Crippen LogP contribution in [0.4, 0.5) is 0 Å². The molecule has 4 rings (SSSR count). The third-order valence-electron chi connectivity index (χ3n) is 9.09. The fraction of sp³-hybridized carbons (Fsp3) is 0.611. The minimum absolute atomic E-state index is 0.00103. The van der Waals surface area contributed by atoms with Gasteiger partial charge in [-0.3, -0.25) is 0 Å². The van der Waals surface area contributed by atoms with Gasteiger partial charge in [-0.1, -0.05) is 38.2 Å². The lowest BCUT2D eigenvalue weighted by atomic mass is 9.86. The Labute approximate surface area is 268 Å². The van der Waals surface area contributed by atoms with Crippen molar-refractivity contribution < 1.29 is 29.6 Å². The predicted octanol–water partition coefficient (Wildman–Crippen LogP) is 5.40. The summed E-state index contributed by atoms with van der Waals surface area (Å²) in [5, 5.41) is 44.3. The molecule has 0 spiro atoms. The lowest BCUT2D eigenvalue weighted by Gasteiger charge is -2.23. The summed E-state index contributed by atoms with van der Waals surface area (Å²) in [6.07, 6.45) is 13.3. The second kappa shape index (κ2) is 18.4. The van der Waals surface area contributed by atoms with Crippen LogP contribution in [0.15, 0.2) is 40.9 Å². The van der Waals surface area contributed by atoms with E-state index in [0.29, 0.717) is 42.7 Å². The van der Waals surface area contributed by atoms with Crippen molar-refractivity contribution in [2.45, 2.75) is 109 Å². The topological polar surface area (TPSA) is 157 Å². The molecule has 0 aliphatic heterocycles. The fourth-order valence-electron chi connectivity index (χ4n) is 6.51. The van der Waals surface area contributed by atoms with Crippen molar-refractivity contribution in [2.75, 3.05) is 26.2 Å². The molecule has 1 aliphatic rings. The lowest BCUT2D eigenvalue weighted by molar-refractivity contribution is 0.103. The van der Waals surface area contributed by atoms with Gasteiger partial charge in [-0.05, 0) is 86.9 Å². The number of ether oxygens (including phenoxy) is 1. The van der Waals surface area contributed by atoms with E-state index in [1.807, 2.05) is 30.5 Å². The number of aromatic nitrogens is 1. The van der Waals surface area contributed by atoms with E-state index >= 15 is 0 Å². The van der Waals surface area contributed by atoms with Gasteiger partial charge in [-0.25, -0.2) is 0 Å². The van der Waals surface area contributed by atoms with Gasteiger partial charge in [0.1, 0.15) is 24.2 Å². The maximum Gasteiger partial charge on any atom is 0.161 e. The zero-order valence-corrected chi connectivity index (χ0v) is 27.0. The van der Waals surface area contributed by atoms with Crippen LogP contribution in [0.2, 0.25) is 0 Å². The molecule has 1 saturated carbocycles. The van der Waals surface area contributed by atoms with E-state index in [-0.39, 0.29) is 19.0 Å². The number of furan rings is 1. The Bertz CT molecular complexity index is 1270. The van der Waals surface area contributed by atoms with Crippen molar-refractivity contribution >= 4 is 0 Å². The molecule has 0 bridgehead atoms. The van der Waals surface area contributed by atoms with Gasteiger partial charge in [0, 0.05) is 49.3 Å². The van der Waals surface area contributed by atoms with Crippen LogP contribution in [-0.4, -0.2) is 57.8 Å². The third kappa shape index (κ3) is 10.9. The van der Waals surface area contributed by atoms with E-state index in [4.69, 9.17) is 14.9 Å². The Hall–Kier alpha value is -2.82. The highest BCUT2D eigenvalue weighted by molar-refractivity contribution is 5.42. The molecule has 250 valence electrons. The van der Waals surface area contributed by atoms with E-state index in [9.17, 15) is 20.4 Å². The summed E-state index contributed by atoms with van der Waals surface area (Å²) in [7, 11) is 0. The molecule has 0 radical (unpaired) electrons. The number of aliphatic hydroxyl groups is 3. The summed E-state index contributed by atoms with van der Waals surface area (Å²) in [5.41, 5.74) is 9.25. The summed E-state index contributed by atoms with van der Waals surface area (Å²) in [5.74, 6) is 2.96. The number of H-pyrrole nitrogens is 1. The highest BCUT2D eigenvalue weighted by Crippen LogP contribution is 2.38. The van der Waals surface area contributed by atoms with Crippen LogP contribution in [0.1, 0.15) is 111 Å². The van der Waals surface area contributed by atoms with E-state index in [0.717, 1.165) is 79.8 Å². The standard InChI is InChI=1S/C36H55N3O6/c1-25(41)20-38-22-31(27-9-6-7-10-27)28-19-32(39-21-28)34(43)24-44-36-17-26(13-15-33(36)42)12-14-30-18-29(23-40)35(45-30)11-5-3-2-4-8-16-37/h13,15,17-19,21,25,27,31,34,38-43H,2-12,14,16,20,22-24,37H2,1H3.